The fraction of sp³-hybridized carbons (Fsp3) is 0.611. The molecule has 0 amide bonds. The van der Waals surface area contributed by atoms with E-state index in [4.69, 9.17) is 4.74 Å². The maximum Gasteiger partial charge on any atom is 0.326 e. The molecule has 7 heteroatoms. The Morgan fingerprint density at radius 2 is 2.12 bits per heavy atom. The van der Waals surface area contributed by atoms with E-state index in [1.807, 2.05) is 12.3 Å². The zero-order valence-corrected chi connectivity index (χ0v) is 16.5. The zero-order valence-electron chi connectivity index (χ0n) is 14.9. The molecule has 5 nitrogen and oxygen atoms in total. The minimum Gasteiger partial charge on any atom is -0.461 e. The Hall–Kier alpha value is -1.34. The van der Waals surface area contributed by atoms with E-state index in [1.165, 1.54) is 16.3 Å². The van der Waals surface area contributed by atoms with Crippen molar-refractivity contribution < 1.29 is 9.53 Å². The lowest BCUT2D eigenvalue weighted by molar-refractivity contribution is -0.151. The van der Waals surface area contributed by atoms with Gasteiger partial charge in [-0.2, -0.15) is 0 Å². The van der Waals surface area contributed by atoms with E-state index in [9.17, 15) is 9.59 Å². The average molecular weight is 381 g/mol. The van der Waals surface area contributed by atoms with Crippen LogP contribution in [0, 0.1) is 5.92 Å². The van der Waals surface area contributed by atoms with E-state index in [-0.39, 0.29) is 24.2 Å². The van der Waals surface area contributed by atoms with Gasteiger partial charge in [0, 0.05) is 4.88 Å². The fourth-order valence-corrected chi connectivity index (χ4v) is 4.78. The minimum atomic E-state index is -0.343. The third kappa shape index (κ3) is 4.08. The summed E-state index contributed by atoms with van der Waals surface area (Å²) in [6, 6.07) is 1.89. The van der Waals surface area contributed by atoms with E-state index in [0.29, 0.717) is 16.5 Å². The first-order valence-electron chi connectivity index (χ1n) is 8.78. The fourth-order valence-electron chi connectivity index (χ4n) is 3.22. The molecule has 1 aliphatic rings. The summed E-state index contributed by atoms with van der Waals surface area (Å²) in [5.74, 6) is 0.364. The number of rotatable bonds is 5. The summed E-state index contributed by atoms with van der Waals surface area (Å²) < 4.78 is 7.05. The number of hydrogen-bond acceptors (Lipinski definition) is 6. The SMILES string of the molecule is CCc1cc2c(=O)n(CC(=O)OC3CCC(C)CC3)c(SC)nc2s1. The van der Waals surface area contributed by atoms with Gasteiger partial charge in [0.2, 0.25) is 0 Å². The van der Waals surface area contributed by atoms with Crippen molar-refractivity contribution in [2.24, 2.45) is 5.92 Å². The van der Waals surface area contributed by atoms with Gasteiger partial charge in [0.1, 0.15) is 17.5 Å². The van der Waals surface area contributed by atoms with Crippen molar-refractivity contribution in [3.63, 3.8) is 0 Å². The molecule has 0 aromatic carbocycles. The molecule has 0 atom stereocenters. The summed E-state index contributed by atoms with van der Waals surface area (Å²) in [6.45, 7) is 4.22. The molecule has 2 heterocycles. The molecule has 0 spiro atoms. The molecule has 0 saturated heterocycles. The van der Waals surface area contributed by atoms with Crippen molar-refractivity contribution in [2.75, 3.05) is 6.26 Å². The van der Waals surface area contributed by atoms with Crippen molar-refractivity contribution >= 4 is 39.3 Å². The second-order valence-corrected chi connectivity index (χ2v) is 8.54. The van der Waals surface area contributed by atoms with Gasteiger partial charge in [0.05, 0.1) is 5.39 Å². The number of carbonyl (C=O) groups excluding carboxylic acids is 1. The summed E-state index contributed by atoms with van der Waals surface area (Å²) in [6.07, 6.45) is 6.75. The van der Waals surface area contributed by atoms with E-state index in [1.54, 1.807) is 11.3 Å². The number of esters is 1. The van der Waals surface area contributed by atoms with Gasteiger partial charge < -0.3 is 4.74 Å². The first-order chi connectivity index (χ1) is 12.0. The van der Waals surface area contributed by atoms with Gasteiger partial charge in [-0.25, -0.2) is 4.98 Å². The van der Waals surface area contributed by atoms with Crippen LogP contribution in [0.25, 0.3) is 10.2 Å². The van der Waals surface area contributed by atoms with Gasteiger partial charge in [-0.3, -0.25) is 14.2 Å². The first-order valence-corrected chi connectivity index (χ1v) is 10.8. The Morgan fingerprint density at radius 1 is 1.40 bits per heavy atom. The molecule has 0 aliphatic heterocycles. The van der Waals surface area contributed by atoms with Gasteiger partial charge in [-0.05, 0) is 50.3 Å². The zero-order chi connectivity index (χ0) is 18.0. The predicted molar refractivity (Wildman–Crippen MR) is 103 cm³/mol. The summed E-state index contributed by atoms with van der Waals surface area (Å²) in [5, 5.41) is 1.16. The number of carbonyl (C=O) groups is 1. The monoisotopic (exact) mass is 380 g/mol. The first kappa shape index (κ1) is 18.5. The third-order valence-electron chi connectivity index (χ3n) is 4.75. The topological polar surface area (TPSA) is 61.2 Å². The average Bonchev–Trinajstić information content (AvgIpc) is 3.03. The highest BCUT2D eigenvalue weighted by molar-refractivity contribution is 7.98. The quantitative estimate of drug-likeness (QED) is 0.448. The van der Waals surface area contributed by atoms with E-state index in [2.05, 4.69) is 18.8 Å². The molecule has 3 rings (SSSR count). The van der Waals surface area contributed by atoms with Crippen LogP contribution in [0.3, 0.4) is 0 Å². The van der Waals surface area contributed by atoms with Gasteiger partial charge in [-0.15, -0.1) is 11.3 Å². The molecule has 25 heavy (non-hydrogen) atoms. The third-order valence-corrected chi connectivity index (χ3v) is 6.60. The smallest absolute Gasteiger partial charge is 0.326 e. The maximum atomic E-state index is 12.8. The summed E-state index contributed by atoms with van der Waals surface area (Å²) in [5.41, 5.74) is -0.153. The highest BCUT2D eigenvalue weighted by Gasteiger charge is 2.23. The number of nitrogens with zero attached hydrogens (tertiary/aromatic N) is 2. The second kappa shape index (κ2) is 7.91. The van der Waals surface area contributed by atoms with Crippen molar-refractivity contribution in [2.45, 2.75) is 63.8 Å². The lowest BCUT2D eigenvalue weighted by Crippen LogP contribution is -2.30. The van der Waals surface area contributed by atoms with Crippen LogP contribution in [-0.2, 0) is 22.5 Å². The highest BCUT2D eigenvalue weighted by atomic mass is 32.2. The van der Waals surface area contributed by atoms with Crippen LogP contribution in [0.15, 0.2) is 16.0 Å². The number of fused-ring (bicyclic) bond motifs is 1. The Bertz CT molecular complexity index is 820. The Balaban J connectivity index is 1.81. The van der Waals surface area contributed by atoms with Crippen molar-refractivity contribution in [3.8, 4) is 0 Å². The molecule has 1 fully saturated rings. The molecule has 1 saturated carbocycles. The summed E-state index contributed by atoms with van der Waals surface area (Å²) in [4.78, 5) is 31.6. The molecular weight excluding hydrogens is 356 g/mol. The van der Waals surface area contributed by atoms with Crippen molar-refractivity contribution in [1.29, 1.82) is 0 Å². The van der Waals surface area contributed by atoms with Crippen LogP contribution in [0.5, 0.6) is 0 Å². The van der Waals surface area contributed by atoms with Gasteiger partial charge in [0.15, 0.2) is 5.16 Å². The molecular formula is C18H24N2O3S2. The Kier molecular flexibility index (Phi) is 5.84. The summed E-state index contributed by atoms with van der Waals surface area (Å²) >= 11 is 2.92. The maximum absolute atomic E-state index is 12.8. The standard InChI is InChI=1S/C18H24N2O3S2/c1-4-13-9-14-16(25-13)19-18(24-3)20(17(14)22)10-15(21)23-12-7-5-11(2)6-8-12/h9,11-12H,4-8,10H2,1-3H3. The summed E-state index contributed by atoms with van der Waals surface area (Å²) in [7, 11) is 0. The molecule has 2 aromatic heterocycles. The van der Waals surface area contributed by atoms with Gasteiger partial charge in [-0.1, -0.05) is 25.6 Å². The largest absolute Gasteiger partial charge is 0.461 e. The number of ether oxygens (including phenoxy) is 1. The number of thiophene rings is 1. The predicted octanol–water partition coefficient (Wildman–Crippen LogP) is 3.86. The minimum absolute atomic E-state index is 0.0123. The van der Waals surface area contributed by atoms with Crippen LogP contribution >= 0.6 is 23.1 Å². The molecule has 0 N–H and O–H groups in total. The van der Waals surface area contributed by atoms with Crippen LogP contribution < -0.4 is 5.56 Å². The highest BCUT2D eigenvalue weighted by Crippen LogP contribution is 2.26. The van der Waals surface area contributed by atoms with Crippen molar-refractivity contribution in [3.05, 3.63) is 21.3 Å². The number of aromatic nitrogens is 2. The van der Waals surface area contributed by atoms with E-state index >= 15 is 0 Å². The number of thioether (sulfide) groups is 1. The molecule has 136 valence electrons. The molecule has 1 aliphatic carbocycles. The number of aryl methyl sites for hydroxylation is 1. The molecule has 0 radical (unpaired) electrons. The van der Waals surface area contributed by atoms with Crippen LogP contribution in [0.2, 0.25) is 0 Å². The Labute approximate surface area is 155 Å². The lowest BCUT2D eigenvalue weighted by Gasteiger charge is -2.26. The van der Waals surface area contributed by atoms with E-state index < -0.39 is 0 Å². The molecule has 0 unspecified atom stereocenters. The van der Waals surface area contributed by atoms with Gasteiger partial charge in [0.25, 0.3) is 5.56 Å². The lowest BCUT2D eigenvalue weighted by atomic mass is 9.89. The number of hydrogen-bond donors (Lipinski definition) is 0. The second-order valence-electron chi connectivity index (χ2n) is 6.65. The molecule has 0 bridgehead atoms. The normalized spacial score (nSPS) is 20.8. The van der Waals surface area contributed by atoms with Crippen LogP contribution in [0.4, 0.5) is 0 Å². The Morgan fingerprint density at radius 3 is 2.76 bits per heavy atom. The van der Waals surface area contributed by atoms with Crippen LogP contribution in [-0.4, -0.2) is 27.9 Å². The molecule has 2 aromatic rings. The van der Waals surface area contributed by atoms with Crippen LogP contribution in [0.1, 0.15) is 44.4 Å². The van der Waals surface area contributed by atoms with Gasteiger partial charge >= 0.3 is 5.97 Å². The van der Waals surface area contributed by atoms with E-state index in [0.717, 1.165) is 41.8 Å². The van der Waals surface area contributed by atoms with Crippen molar-refractivity contribution in [1.82, 2.24) is 9.55 Å².